The summed E-state index contributed by atoms with van der Waals surface area (Å²) in [5.41, 5.74) is 0.628. The van der Waals surface area contributed by atoms with Gasteiger partial charge in [0.25, 0.3) is 11.5 Å². The quantitative estimate of drug-likeness (QED) is 0.830. The van der Waals surface area contributed by atoms with Gasteiger partial charge in [-0.25, -0.2) is 0 Å². The number of hydrogen-bond donors (Lipinski definition) is 1. The molecular weight excluding hydrogens is 352 g/mol. The lowest BCUT2D eigenvalue weighted by Gasteiger charge is -2.23. The number of ether oxygens (including phenoxy) is 1. The number of carboxylic acids is 1. The Kier molecular flexibility index (Phi) is 4.59. The fraction of sp³-hybridized carbons (Fsp3) is 0.556. The van der Waals surface area contributed by atoms with Crippen molar-refractivity contribution >= 4 is 17.5 Å². The molecule has 27 heavy (non-hydrogen) atoms. The first kappa shape index (κ1) is 19.1. The van der Waals surface area contributed by atoms with Crippen molar-refractivity contribution in [1.29, 1.82) is 0 Å². The van der Waals surface area contributed by atoms with Gasteiger partial charge in [0.05, 0.1) is 30.5 Å². The number of rotatable bonds is 5. The molecule has 0 spiro atoms. The third kappa shape index (κ3) is 3.12. The standard InChI is InChI=1S/C18H24N4O5/c1-10(9-27-5)20-7-11-15(17(20)26)21(8-14(23)24)13-6-12(18(2,3)4)19-22(13)16(11)25/h6,10H,7-9H2,1-5H3,(H,23,24). The predicted octanol–water partition coefficient (Wildman–Crippen LogP) is 0.869. The zero-order valence-electron chi connectivity index (χ0n) is 16.1. The minimum absolute atomic E-state index is 0.109. The number of hydrogen-bond acceptors (Lipinski definition) is 5. The van der Waals surface area contributed by atoms with E-state index in [9.17, 15) is 19.5 Å². The molecular formula is C18H24N4O5. The summed E-state index contributed by atoms with van der Waals surface area (Å²) in [4.78, 5) is 39.0. The van der Waals surface area contributed by atoms with Crippen LogP contribution in [-0.2, 0) is 28.0 Å². The third-order valence-corrected chi connectivity index (χ3v) is 4.77. The molecule has 0 aliphatic carbocycles. The second-order valence-electron chi connectivity index (χ2n) is 7.90. The summed E-state index contributed by atoms with van der Waals surface area (Å²) < 4.78 is 7.70. The van der Waals surface area contributed by atoms with E-state index in [1.165, 1.54) is 21.1 Å². The molecule has 3 heterocycles. The molecule has 0 bridgehead atoms. The van der Waals surface area contributed by atoms with Crippen molar-refractivity contribution in [1.82, 2.24) is 19.1 Å². The molecule has 9 heteroatoms. The largest absolute Gasteiger partial charge is 0.480 e. The third-order valence-electron chi connectivity index (χ3n) is 4.77. The number of carboxylic acid groups (broad SMARTS) is 1. The molecule has 1 N–H and O–H groups in total. The highest BCUT2D eigenvalue weighted by Gasteiger charge is 2.37. The lowest BCUT2D eigenvalue weighted by molar-refractivity contribution is -0.137. The minimum Gasteiger partial charge on any atom is -0.480 e. The summed E-state index contributed by atoms with van der Waals surface area (Å²) in [6.07, 6.45) is 0. The van der Waals surface area contributed by atoms with E-state index in [-0.39, 0.29) is 35.2 Å². The van der Waals surface area contributed by atoms with Gasteiger partial charge in [0, 0.05) is 18.6 Å². The Balaban J connectivity index is 2.26. The highest BCUT2D eigenvalue weighted by molar-refractivity contribution is 5.97. The first-order chi connectivity index (χ1) is 12.6. The minimum atomic E-state index is -1.10. The highest BCUT2D eigenvalue weighted by Crippen LogP contribution is 2.27. The smallest absolute Gasteiger partial charge is 0.323 e. The summed E-state index contributed by atoms with van der Waals surface area (Å²) in [5.74, 6) is -1.47. The Morgan fingerprint density at radius 2 is 2.04 bits per heavy atom. The van der Waals surface area contributed by atoms with Crippen molar-refractivity contribution in [3.63, 3.8) is 0 Å². The van der Waals surface area contributed by atoms with Crippen molar-refractivity contribution in [3.05, 3.63) is 33.4 Å². The number of methoxy groups -OCH3 is 1. The van der Waals surface area contributed by atoms with E-state index in [0.29, 0.717) is 17.9 Å². The number of aromatic nitrogens is 3. The summed E-state index contributed by atoms with van der Waals surface area (Å²) in [5, 5.41) is 13.8. The summed E-state index contributed by atoms with van der Waals surface area (Å²) in [7, 11) is 1.54. The van der Waals surface area contributed by atoms with Gasteiger partial charge in [-0.1, -0.05) is 20.8 Å². The molecule has 1 aliphatic heterocycles. The second-order valence-corrected chi connectivity index (χ2v) is 7.90. The maximum absolute atomic E-state index is 13.0. The van der Waals surface area contributed by atoms with Crippen molar-refractivity contribution < 1.29 is 19.4 Å². The van der Waals surface area contributed by atoms with Crippen molar-refractivity contribution in [2.45, 2.75) is 52.2 Å². The van der Waals surface area contributed by atoms with Crippen LogP contribution >= 0.6 is 0 Å². The molecule has 1 atom stereocenters. The second kappa shape index (κ2) is 6.49. The number of fused-ring (bicyclic) bond motifs is 2. The van der Waals surface area contributed by atoms with Crippen LogP contribution in [0.15, 0.2) is 10.9 Å². The molecule has 2 aromatic heterocycles. The van der Waals surface area contributed by atoms with Crippen LogP contribution in [0.3, 0.4) is 0 Å². The van der Waals surface area contributed by atoms with Crippen LogP contribution in [-0.4, -0.2) is 55.8 Å². The Labute approximate surface area is 156 Å². The van der Waals surface area contributed by atoms with E-state index in [1.807, 2.05) is 27.7 Å². The molecule has 0 saturated carbocycles. The van der Waals surface area contributed by atoms with Gasteiger partial charge in [-0.05, 0) is 6.92 Å². The Bertz CT molecular complexity index is 982. The first-order valence-electron chi connectivity index (χ1n) is 8.74. The predicted molar refractivity (Wildman–Crippen MR) is 97.0 cm³/mol. The number of carbonyl (C=O) groups excluding carboxylic acids is 1. The van der Waals surface area contributed by atoms with Crippen LogP contribution in [0.2, 0.25) is 0 Å². The zero-order chi connectivity index (χ0) is 20.1. The average Bonchev–Trinajstić information content (AvgIpc) is 3.14. The molecule has 1 aliphatic rings. The monoisotopic (exact) mass is 376 g/mol. The van der Waals surface area contributed by atoms with Crippen LogP contribution in [0.4, 0.5) is 0 Å². The maximum Gasteiger partial charge on any atom is 0.323 e. The average molecular weight is 376 g/mol. The Morgan fingerprint density at radius 3 is 2.59 bits per heavy atom. The molecule has 0 radical (unpaired) electrons. The lowest BCUT2D eigenvalue weighted by Crippen LogP contribution is -2.37. The number of amides is 1. The van der Waals surface area contributed by atoms with Gasteiger partial charge in [-0.3, -0.25) is 14.4 Å². The Morgan fingerprint density at radius 1 is 1.37 bits per heavy atom. The topological polar surface area (TPSA) is 106 Å². The summed E-state index contributed by atoms with van der Waals surface area (Å²) >= 11 is 0. The number of carbonyl (C=O) groups is 2. The van der Waals surface area contributed by atoms with Gasteiger partial charge >= 0.3 is 5.97 Å². The SMILES string of the molecule is COCC(C)N1Cc2c(n(CC(=O)O)c3cc(C(C)(C)C)nn3c2=O)C1=O. The van der Waals surface area contributed by atoms with E-state index >= 15 is 0 Å². The molecule has 1 unspecified atom stereocenters. The van der Waals surface area contributed by atoms with Crippen LogP contribution < -0.4 is 5.56 Å². The molecule has 2 aromatic rings. The molecule has 0 saturated heterocycles. The molecule has 0 aromatic carbocycles. The maximum atomic E-state index is 13.0. The van der Waals surface area contributed by atoms with Crippen LogP contribution in [0, 0.1) is 0 Å². The molecule has 3 rings (SSSR count). The zero-order valence-corrected chi connectivity index (χ0v) is 16.1. The van der Waals surface area contributed by atoms with Crippen molar-refractivity contribution in [3.8, 4) is 0 Å². The van der Waals surface area contributed by atoms with E-state index in [2.05, 4.69) is 5.10 Å². The first-order valence-corrected chi connectivity index (χ1v) is 8.74. The molecule has 9 nitrogen and oxygen atoms in total. The van der Waals surface area contributed by atoms with E-state index in [1.54, 1.807) is 6.07 Å². The lowest BCUT2D eigenvalue weighted by atomic mass is 9.93. The fourth-order valence-corrected chi connectivity index (χ4v) is 3.33. The molecule has 0 fully saturated rings. The van der Waals surface area contributed by atoms with Crippen molar-refractivity contribution in [2.24, 2.45) is 0 Å². The van der Waals surface area contributed by atoms with E-state index < -0.39 is 18.1 Å². The molecule has 1 amide bonds. The highest BCUT2D eigenvalue weighted by atomic mass is 16.5. The van der Waals surface area contributed by atoms with Crippen LogP contribution in [0.25, 0.3) is 5.65 Å². The van der Waals surface area contributed by atoms with Crippen molar-refractivity contribution in [2.75, 3.05) is 13.7 Å². The van der Waals surface area contributed by atoms with E-state index in [0.717, 1.165) is 0 Å². The van der Waals surface area contributed by atoms with Crippen LogP contribution in [0.5, 0.6) is 0 Å². The summed E-state index contributed by atoms with van der Waals surface area (Å²) in [6.45, 7) is 7.67. The van der Waals surface area contributed by atoms with Gasteiger partial charge < -0.3 is 19.3 Å². The normalized spacial score (nSPS) is 15.4. The van der Waals surface area contributed by atoms with Gasteiger partial charge in [-0.2, -0.15) is 9.61 Å². The number of nitrogens with zero attached hydrogens (tertiary/aromatic N) is 4. The van der Waals surface area contributed by atoms with Gasteiger partial charge in [0.15, 0.2) is 0 Å². The summed E-state index contributed by atoms with van der Waals surface area (Å²) in [6, 6.07) is 1.43. The molecule has 146 valence electrons. The van der Waals surface area contributed by atoms with E-state index in [4.69, 9.17) is 4.74 Å². The Hall–Kier alpha value is -2.68. The van der Waals surface area contributed by atoms with Crippen LogP contribution in [0.1, 0.15) is 49.4 Å². The van der Waals surface area contributed by atoms with Gasteiger partial charge in [0.2, 0.25) is 0 Å². The van der Waals surface area contributed by atoms with Gasteiger partial charge in [0.1, 0.15) is 17.9 Å². The van der Waals surface area contributed by atoms with Gasteiger partial charge in [-0.15, -0.1) is 0 Å². The number of aliphatic carboxylic acids is 1. The fourth-order valence-electron chi connectivity index (χ4n) is 3.33.